The van der Waals surface area contributed by atoms with E-state index in [4.69, 9.17) is 0 Å². The van der Waals surface area contributed by atoms with Crippen LogP contribution in [0.4, 0.5) is 0 Å². The van der Waals surface area contributed by atoms with Gasteiger partial charge in [-0.25, -0.2) is 17.5 Å². The maximum atomic E-state index is 13.2. The molecule has 3 rings (SSSR count). The summed E-state index contributed by atoms with van der Waals surface area (Å²) >= 11 is 0. The van der Waals surface area contributed by atoms with E-state index < -0.39 is 21.3 Å². The van der Waals surface area contributed by atoms with Crippen molar-refractivity contribution < 1.29 is 13.2 Å². The van der Waals surface area contributed by atoms with E-state index in [0.29, 0.717) is 25.2 Å². The number of hydrogen-bond acceptors (Lipinski definition) is 5. The van der Waals surface area contributed by atoms with Gasteiger partial charge in [0.15, 0.2) is 0 Å². The zero-order chi connectivity index (χ0) is 23.5. The molecule has 0 saturated carbocycles. The van der Waals surface area contributed by atoms with Crippen LogP contribution in [-0.2, 0) is 28.4 Å². The molecule has 1 amide bonds. The quantitative estimate of drug-likeness (QED) is 0.618. The van der Waals surface area contributed by atoms with Gasteiger partial charge in [-0.1, -0.05) is 26.2 Å². The molecule has 0 atom stereocenters. The number of benzene rings is 1. The van der Waals surface area contributed by atoms with E-state index in [2.05, 4.69) is 0 Å². The predicted octanol–water partition coefficient (Wildman–Crippen LogP) is 1.52. The molecule has 0 bridgehead atoms. The molecule has 1 saturated heterocycles. The molecule has 2 aromatic rings. The first-order valence-electron chi connectivity index (χ1n) is 11.2. The number of carbonyl (C=O) groups is 1. The summed E-state index contributed by atoms with van der Waals surface area (Å²) in [5.74, 6) is -0.270. The number of amides is 1. The second-order valence-corrected chi connectivity index (χ2v) is 10.4. The van der Waals surface area contributed by atoms with E-state index in [0.717, 1.165) is 43.1 Å². The Hall–Kier alpha value is -2.46. The minimum Gasteiger partial charge on any atom is -0.341 e. The Balaban J connectivity index is 2.03. The number of likely N-dealkylation sites (tertiary alicyclic amines) is 1. The summed E-state index contributed by atoms with van der Waals surface area (Å²) in [4.78, 5) is 40.5. The summed E-state index contributed by atoms with van der Waals surface area (Å²) in [6.45, 7) is 3.24. The molecule has 0 aliphatic carbocycles. The van der Waals surface area contributed by atoms with Gasteiger partial charge in [0.05, 0.1) is 15.8 Å². The molecule has 1 aromatic heterocycles. The summed E-state index contributed by atoms with van der Waals surface area (Å²) in [6.07, 6.45) is 5.52. The average Bonchev–Trinajstić information content (AvgIpc) is 3.08. The van der Waals surface area contributed by atoms with Crippen molar-refractivity contribution in [1.82, 2.24) is 18.3 Å². The van der Waals surface area contributed by atoms with E-state index in [-0.39, 0.29) is 22.7 Å². The van der Waals surface area contributed by atoms with Gasteiger partial charge < -0.3 is 4.90 Å². The Morgan fingerprint density at radius 2 is 1.75 bits per heavy atom. The molecular weight excluding hydrogens is 432 g/mol. The van der Waals surface area contributed by atoms with Crippen LogP contribution in [0.3, 0.4) is 0 Å². The van der Waals surface area contributed by atoms with Gasteiger partial charge in [-0.2, -0.15) is 0 Å². The first kappa shape index (κ1) is 24.2. The monoisotopic (exact) mass is 464 g/mol. The lowest BCUT2D eigenvalue weighted by Gasteiger charge is -2.21. The highest BCUT2D eigenvalue weighted by atomic mass is 32.2. The Labute approximate surface area is 188 Å². The van der Waals surface area contributed by atoms with Gasteiger partial charge in [-0.15, -0.1) is 0 Å². The molecule has 0 spiro atoms. The fourth-order valence-electron chi connectivity index (χ4n) is 4.03. The number of unbranched alkanes of at least 4 members (excludes halogenated alkanes) is 1. The van der Waals surface area contributed by atoms with Crippen LogP contribution in [0.25, 0.3) is 10.9 Å². The van der Waals surface area contributed by atoms with Gasteiger partial charge in [0.1, 0.15) is 6.54 Å². The minimum absolute atomic E-state index is 0.00949. The van der Waals surface area contributed by atoms with Crippen LogP contribution in [0.15, 0.2) is 32.7 Å². The van der Waals surface area contributed by atoms with Gasteiger partial charge >= 0.3 is 5.69 Å². The number of aromatic nitrogens is 2. The number of nitrogens with zero attached hydrogens (tertiary/aromatic N) is 4. The van der Waals surface area contributed by atoms with E-state index in [1.54, 1.807) is 4.90 Å². The lowest BCUT2D eigenvalue weighted by molar-refractivity contribution is -0.131. The molecule has 1 aromatic carbocycles. The van der Waals surface area contributed by atoms with E-state index in [9.17, 15) is 22.8 Å². The molecule has 10 heteroatoms. The molecular formula is C22H32N4O5S. The van der Waals surface area contributed by atoms with E-state index >= 15 is 0 Å². The molecule has 32 heavy (non-hydrogen) atoms. The predicted molar refractivity (Wildman–Crippen MR) is 123 cm³/mol. The number of sulfonamides is 1. The van der Waals surface area contributed by atoms with Crippen molar-refractivity contribution in [2.75, 3.05) is 26.7 Å². The second kappa shape index (κ2) is 9.99. The number of rotatable bonds is 7. The molecule has 9 nitrogen and oxygen atoms in total. The third-order valence-electron chi connectivity index (χ3n) is 6.11. The van der Waals surface area contributed by atoms with Crippen LogP contribution in [0.5, 0.6) is 0 Å². The van der Waals surface area contributed by atoms with E-state index in [1.807, 2.05) is 6.92 Å². The summed E-state index contributed by atoms with van der Waals surface area (Å²) in [7, 11) is -0.756. The number of aryl methyl sites for hydroxylation is 1. The first-order chi connectivity index (χ1) is 15.2. The molecule has 1 aliphatic rings. The molecule has 1 fully saturated rings. The smallest absolute Gasteiger partial charge is 0.331 e. The molecule has 0 N–H and O–H groups in total. The number of fused-ring (bicyclic) bond motifs is 1. The van der Waals surface area contributed by atoms with Crippen LogP contribution in [0.1, 0.15) is 45.4 Å². The topological polar surface area (TPSA) is 102 Å². The van der Waals surface area contributed by atoms with Crippen molar-refractivity contribution in [1.29, 1.82) is 0 Å². The van der Waals surface area contributed by atoms with Crippen LogP contribution >= 0.6 is 0 Å². The fraction of sp³-hybridized carbons (Fsp3) is 0.591. The van der Waals surface area contributed by atoms with Gasteiger partial charge in [0.25, 0.3) is 5.56 Å². The Morgan fingerprint density at radius 1 is 1.09 bits per heavy atom. The second-order valence-electron chi connectivity index (χ2n) is 8.39. The molecule has 1 aliphatic heterocycles. The van der Waals surface area contributed by atoms with Crippen molar-refractivity contribution in [2.45, 2.75) is 56.9 Å². The summed E-state index contributed by atoms with van der Waals surface area (Å²) in [6, 6.07) is 4.19. The molecule has 0 radical (unpaired) electrons. The SMILES string of the molecule is CCCCN(C)S(=O)(=O)c1ccc2c(c1)c(=O)n(CC(=O)N1CCCCCC1)c(=O)n2C. The normalized spacial score (nSPS) is 15.3. The van der Waals surface area contributed by atoms with Crippen LogP contribution in [-0.4, -0.2) is 59.3 Å². The third-order valence-corrected chi connectivity index (χ3v) is 7.96. The lowest BCUT2D eigenvalue weighted by Crippen LogP contribution is -2.44. The van der Waals surface area contributed by atoms with Crippen molar-refractivity contribution in [3.63, 3.8) is 0 Å². The maximum Gasteiger partial charge on any atom is 0.331 e. The average molecular weight is 465 g/mol. The highest BCUT2D eigenvalue weighted by molar-refractivity contribution is 7.89. The molecule has 0 unspecified atom stereocenters. The van der Waals surface area contributed by atoms with Crippen molar-refractivity contribution in [3.05, 3.63) is 39.0 Å². The molecule has 176 valence electrons. The first-order valence-corrected chi connectivity index (χ1v) is 12.6. The standard InChI is InChI=1S/C22H32N4O5S/c1-4-5-12-23(2)32(30,31)17-10-11-19-18(15-17)21(28)26(22(29)24(19)3)16-20(27)25-13-8-6-7-9-14-25/h10-11,15H,4-9,12-14,16H2,1-3H3. The van der Waals surface area contributed by atoms with E-state index in [1.165, 1.54) is 41.2 Å². The largest absolute Gasteiger partial charge is 0.341 e. The summed E-state index contributed by atoms with van der Waals surface area (Å²) < 4.78 is 29.3. The van der Waals surface area contributed by atoms with Crippen molar-refractivity contribution in [3.8, 4) is 0 Å². The third kappa shape index (κ3) is 4.80. The highest BCUT2D eigenvalue weighted by Gasteiger charge is 2.23. The van der Waals surface area contributed by atoms with Crippen molar-refractivity contribution in [2.24, 2.45) is 7.05 Å². The van der Waals surface area contributed by atoms with Crippen LogP contribution < -0.4 is 11.2 Å². The van der Waals surface area contributed by atoms with Crippen molar-refractivity contribution >= 4 is 26.8 Å². The lowest BCUT2D eigenvalue weighted by atomic mass is 10.2. The fourth-order valence-corrected chi connectivity index (χ4v) is 5.27. The molecule has 2 heterocycles. The Morgan fingerprint density at radius 3 is 2.38 bits per heavy atom. The summed E-state index contributed by atoms with van der Waals surface area (Å²) in [5.41, 5.74) is -0.922. The number of carbonyl (C=O) groups excluding carboxylic acids is 1. The zero-order valence-corrected chi connectivity index (χ0v) is 19.9. The van der Waals surface area contributed by atoms with Gasteiger partial charge in [0.2, 0.25) is 15.9 Å². The highest BCUT2D eigenvalue weighted by Crippen LogP contribution is 2.19. The minimum atomic E-state index is -3.78. The zero-order valence-electron chi connectivity index (χ0n) is 19.0. The van der Waals surface area contributed by atoms with Gasteiger partial charge in [-0.05, 0) is 37.5 Å². The number of hydrogen-bond donors (Lipinski definition) is 0. The van der Waals surface area contributed by atoms with Gasteiger partial charge in [-0.3, -0.25) is 18.7 Å². The summed E-state index contributed by atoms with van der Waals surface area (Å²) in [5, 5.41) is 0.0979. The Bertz CT molecular complexity index is 1210. The maximum absolute atomic E-state index is 13.2. The van der Waals surface area contributed by atoms with Gasteiger partial charge in [0, 0.05) is 33.7 Å². The Kier molecular flexibility index (Phi) is 7.55. The van der Waals surface area contributed by atoms with Crippen LogP contribution in [0.2, 0.25) is 0 Å². The van der Waals surface area contributed by atoms with Crippen LogP contribution in [0, 0.1) is 0 Å².